The van der Waals surface area contributed by atoms with Crippen molar-refractivity contribution in [3.63, 3.8) is 0 Å². The van der Waals surface area contributed by atoms with Gasteiger partial charge in [0.05, 0.1) is 16.2 Å². The van der Waals surface area contributed by atoms with E-state index < -0.39 is 0 Å². The Morgan fingerprint density at radius 2 is 2.11 bits per heavy atom. The second-order valence-corrected chi connectivity index (χ2v) is 4.97. The highest BCUT2D eigenvalue weighted by Crippen LogP contribution is 2.28. The van der Waals surface area contributed by atoms with E-state index >= 15 is 0 Å². The number of amides is 1. The number of aromatic nitrogens is 1. The first-order chi connectivity index (χ1) is 9.22. The summed E-state index contributed by atoms with van der Waals surface area (Å²) in [4.78, 5) is 16.0. The van der Waals surface area contributed by atoms with Crippen molar-refractivity contribution in [2.45, 2.75) is 19.3 Å². The number of hydrogen-bond acceptors (Lipinski definition) is 2. The monoisotopic (exact) mass is 296 g/mol. The van der Waals surface area contributed by atoms with E-state index in [-0.39, 0.29) is 5.91 Å². The van der Waals surface area contributed by atoms with Crippen molar-refractivity contribution < 1.29 is 4.79 Å². The number of benzene rings is 1. The smallest absolute Gasteiger partial charge is 0.224 e. The Bertz CT molecular complexity index is 587. The number of pyridine rings is 1. The lowest BCUT2D eigenvalue weighted by Crippen LogP contribution is -2.11. The third-order valence-electron chi connectivity index (χ3n) is 2.78. The van der Waals surface area contributed by atoms with Crippen LogP contribution in [0.4, 0.5) is 5.69 Å². The average molecular weight is 297 g/mol. The molecule has 0 atom stereocenters. The number of anilines is 1. The van der Waals surface area contributed by atoms with Crippen LogP contribution in [-0.4, -0.2) is 16.8 Å². The van der Waals surface area contributed by atoms with Gasteiger partial charge in [-0.05, 0) is 37.1 Å². The highest BCUT2D eigenvalue weighted by Gasteiger charge is 2.08. The van der Waals surface area contributed by atoms with Crippen LogP contribution in [0.2, 0.25) is 5.02 Å². The largest absolute Gasteiger partial charge is 0.325 e. The summed E-state index contributed by atoms with van der Waals surface area (Å²) < 4.78 is 0. The van der Waals surface area contributed by atoms with Crippen molar-refractivity contribution >= 4 is 45.7 Å². The molecule has 2 aromatic rings. The van der Waals surface area contributed by atoms with Gasteiger partial charge in [0.25, 0.3) is 0 Å². The number of carbonyl (C=O) groups excluding carboxylic acids is 1. The van der Waals surface area contributed by atoms with Crippen molar-refractivity contribution in [2.75, 3.05) is 11.2 Å². The van der Waals surface area contributed by atoms with Crippen LogP contribution >= 0.6 is 23.2 Å². The van der Waals surface area contributed by atoms with Gasteiger partial charge < -0.3 is 5.32 Å². The summed E-state index contributed by atoms with van der Waals surface area (Å²) in [6, 6.07) is 7.25. The average Bonchev–Trinajstić information content (AvgIpc) is 2.43. The Morgan fingerprint density at radius 1 is 1.26 bits per heavy atom. The molecule has 2 rings (SSSR count). The first kappa shape index (κ1) is 14.1. The van der Waals surface area contributed by atoms with Gasteiger partial charge in [-0.25, -0.2) is 0 Å². The van der Waals surface area contributed by atoms with E-state index in [4.69, 9.17) is 23.2 Å². The fourth-order valence-electron chi connectivity index (χ4n) is 1.84. The molecule has 1 heterocycles. The molecule has 19 heavy (non-hydrogen) atoms. The second kappa shape index (κ2) is 6.73. The first-order valence-electron chi connectivity index (χ1n) is 6.11. The summed E-state index contributed by atoms with van der Waals surface area (Å²) in [5.41, 5.74) is 1.44. The maximum atomic E-state index is 11.8. The number of carbonyl (C=O) groups is 1. The zero-order valence-corrected chi connectivity index (χ0v) is 11.8. The van der Waals surface area contributed by atoms with Gasteiger partial charge in [0.1, 0.15) is 0 Å². The molecular formula is C14H14Cl2N2O. The van der Waals surface area contributed by atoms with Crippen molar-refractivity contribution in [3.05, 3.63) is 35.5 Å². The molecule has 1 aromatic heterocycles. The number of rotatable bonds is 5. The number of halogens is 2. The minimum absolute atomic E-state index is 0.0161. The van der Waals surface area contributed by atoms with E-state index in [2.05, 4.69) is 10.3 Å². The molecule has 0 aliphatic heterocycles. The molecule has 0 saturated heterocycles. The van der Waals surface area contributed by atoms with Gasteiger partial charge in [-0.1, -0.05) is 11.6 Å². The van der Waals surface area contributed by atoms with Crippen LogP contribution in [-0.2, 0) is 4.79 Å². The molecule has 0 spiro atoms. The molecule has 5 heteroatoms. The topological polar surface area (TPSA) is 42.0 Å². The Morgan fingerprint density at radius 3 is 2.89 bits per heavy atom. The fraction of sp³-hybridized carbons (Fsp3) is 0.286. The molecule has 1 amide bonds. The van der Waals surface area contributed by atoms with Crippen molar-refractivity contribution in [3.8, 4) is 0 Å². The van der Waals surface area contributed by atoms with Gasteiger partial charge in [0, 0.05) is 23.9 Å². The van der Waals surface area contributed by atoms with E-state index in [1.807, 2.05) is 12.1 Å². The van der Waals surface area contributed by atoms with Crippen LogP contribution in [0, 0.1) is 0 Å². The fourth-order valence-corrected chi connectivity index (χ4v) is 2.24. The van der Waals surface area contributed by atoms with Crippen LogP contribution in [0.15, 0.2) is 30.5 Å². The maximum absolute atomic E-state index is 11.8. The summed E-state index contributed by atoms with van der Waals surface area (Å²) in [7, 11) is 0. The van der Waals surface area contributed by atoms with Crippen molar-refractivity contribution in [1.82, 2.24) is 4.98 Å². The molecular weight excluding hydrogens is 283 g/mol. The van der Waals surface area contributed by atoms with E-state index in [1.54, 1.807) is 18.3 Å². The summed E-state index contributed by atoms with van der Waals surface area (Å²) in [6.07, 6.45) is 3.79. The SMILES string of the molecule is O=C(CCCCCl)Nc1ccc(Cl)c2ncccc12. The highest BCUT2D eigenvalue weighted by molar-refractivity contribution is 6.35. The van der Waals surface area contributed by atoms with Gasteiger partial charge in [0.2, 0.25) is 5.91 Å². The van der Waals surface area contributed by atoms with Crippen LogP contribution in [0.5, 0.6) is 0 Å². The van der Waals surface area contributed by atoms with Crippen LogP contribution in [0.3, 0.4) is 0 Å². The van der Waals surface area contributed by atoms with E-state index in [1.165, 1.54) is 0 Å². The Hall–Kier alpha value is -1.32. The summed E-state index contributed by atoms with van der Waals surface area (Å²) in [6.45, 7) is 0. The molecule has 0 bridgehead atoms. The Kier molecular flexibility index (Phi) is 5.00. The summed E-state index contributed by atoms with van der Waals surface area (Å²) >= 11 is 11.7. The predicted molar refractivity (Wildman–Crippen MR) is 80.0 cm³/mol. The second-order valence-electron chi connectivity index (χ2n) is 4.19. The van der Waals surface area contributed by atoms with Gasteiger partial charge in [-0.3, -0.25) is 9.78 Å². The zero-order valence-electron chi connectivity index (χ0n) is 10.3. The molecule has 0 unspecified atom stereocenters. The molecule has 0 fully saturated rings. The lowest BCUT2D eigenvalue weighted by Gasteiger charge is -2.09. The Labute approximate surface area is 121 Å². The zero-order chi connectivity index (χ0) is 13.7. The maximum Gasteiger partial charge on any atom is 0.224 e. The van der Waals surface area contributed by atoms with Gasteiger partial charge in [-0.2, -0.15) is 0 Å². The first-order valence-corrected chi connectivity index (χ1v) is 7.02. The lowest BCUT2D eigenvalue weighted by atomic mass is 10.1. The third kappa shape index (κ3) is 3.58. The quantitative estimate of drug-likeness (QED) is 0.662. The van der Waals surface area contributed by atoms with E-state index in [0.717, 1.165) is 23.9 Å². The van der Waals surface area contributed by atoms with E-state index in [0.29, 0.717) is 22.8 Å². The third-order valence-corrected chi connectivity index (χ3v) is 3.35. The number of hydrogen-bond donors (Lipinski definition) is 1. The minimum atomic E-state index is -0.0161. The summed E-state index contributed by atoms with van der Waals surface area (Å²) in [5.74, 6) is 0.568. The molecule has 100 valence electrons. The van der Waals surface area contributed by atoms with Crippen molar-refractivity contribution in [1.29, 1.82) is 0 Å². The highest BCUT2D eigenvalue weighted by atomic mass is 35.5. The minimum Gasteiger partial charge on any atom is -0.325 e. The number of nitrogens with one attached hydrogen (secondary N) is 1. The number of nitrogens with zero attached hydrogens (tertiary/aromatic N) is 1. The standard InChI is InChI=1S/C14H14Cl2N2O/c15-8-2-1-5-13(19)18-12-7-6-11(16)14-10(12)4-3-9-17-14/h3-4,6-7,9H,1-2,5,8H2,(H,18,19). The van der Waals surface area contributed by atoms with E-state index in [9.17, 15) is 4.79 Å². The van der Waals surface area contributed by atoms with Crippen LogP contribution < -0.4 is 5.32 Å². The molecule has 0 aliphatic carbocycles. The molecule has 0 saturated carbocycles. The normalized spacial score (nSPS) is 10.6. The molecule has 0 aliphatic rings. The van der Waals surface area contributed by atoms with Gasteiger partial charge in [-0.15, -0.1) is 11.6 Å². The van der Waals surface area contributed by atoms with Gasteiger partial charge >= 0.3 is 0 Å². The van der Waals surface area contributed by atoms with Gasteiger partial charge in [0.15, 0.2) is 0 Å². The molecule has 3 nitrogen and oxygen atoms in total. The molecule has 0 radical (unpaired) electrons. The van der Waals surface area contributed by atoms with Crippen LogP contribution in [0.1, 0.15) is 19.3 Å². The number of alkyl halides is 1. The van der Waals surface area contributed by atoms with Crippen molar-refractivity contribution in [2.24, 2.45) is 0 Å². The number of fused-ring (bicyclic) bond motifs is 1. The molecule has 1 aromatic carbocycles. The van der Waals surface area contributed by atoms with Crippen LogP contribution in [0.25, 0.3) is 10.9 Å². The molecule has 1 N–H and O–H groups in total. The number of unbranched alkanes of at least 4 members (excludes halogenated alkanes) is 1. The lowest BCUT2D eigenvalue weighted by molar-refractivity contribution is -0.116. The summed E-state index contributed by atoms with van der Waals surface area (Å²) in [5, 5.41) is 4.32. The Balaban J connectivity index is 2.17. The predicted octanol–water partition coefficient (Wildman–Crippen LogP) is 4.24.